The van der Waals surface area contributed by atoms with Crippen LogP contribution in [0.3, 0.4) is 0 Å². The standard InChI is InChI=1S/C23H22N2O2/c1-2-21(18-9-4-3-5-10-18)23(26)25-14-6-7-16-27-20-13-12-19-11-8-15-24-22(19)17-20/h3-5,8-13,15,17,21H,2,14,16H2,1H3,(H,25,26). The molecular weight excluding hydrogens is 336 g/mol. The molecule has 27 heavy (non-hydrogen) atoms. The molecule has 136 valence electrons. The molecule has 1 amide bonds. The Morgan fingerprint density at radius 1 is 1.11 bits per heavy atom. The van der Waals surface area contributed by atoms with Crippen molar-refractivity contribution in [2.75, 3.05) is 13.2 Å². The van der Waals surface area contributed by atoms with Crippen LogP contribution in [0.2, 0.25) is 0 Å². The quantitative estimate of drug-likeness (QED) is 0.680. The molecule has 4 nitrogen and oxygen atoms in total. The van der Waals surface area contributed by atoms with Crippen molar-refractivity contribution in [1.82, 2.24) is 10.3 Å². The molecule has 0 aliphatic carbocycles. The Balaban J connectivity index is 1.46. The van der Waals surface area contributed by atoms with Crippen LogP contribution in [0.15, 0.2) is 66.9 Å². The molecule has 3 rings (SSSR count). The molecule has 3 aromatic rings. The maximum absolute atomic E-state index is 12.3. The molecule has 0 saturated heterocycles. The van der Waals surface area contributed by atoms with Gasteiger partial charge in [0.05, 0.1) is 18.0 Å². The summed E-state index contributed by atoms with van der Waals surface area (Å²) < 4.78 is 5.63. The topological polar surface area (TPSA) is 51.2 Å². The van der Waals surface area contributed by atoms with Gasteiger partial charge in [-0.1, -0.05) is 55.2 Å². The number of pyridine rings is 1. The smallest absolute Gasteiger partial charge is 0.228 e. The van der Waals surface area contributed by atoms with Gasteiger partial charge < -0.3 is 10.1 Å². The minimum absolute atomic E-state index is 0.000443. The van der Waals surface area contributed by atoms with Crippen LogP contribution < -0.4 is 10.1 Å². The third-order valence-corrected chi connectivity index (χ3v) is 4.29. The number of ether oxygens (including phenoxy) is 1. The lowest BCUT2D eigenvalue weighted by Crippen LogP contribution is -2.29. The van der Waals surface area contributed by atoms with Gasteiger partial charge >= 0.3 is 0 Å². The van der Waals surface area contributed by atoms with Crippen molar-refractivity contribution in [2.24, 2.45) is 0 Å². The van der Waals surface area contributed by atoms with E-state index in [0.29, 0.717) is 6.54 Å². The summed E-state index contributed by atoms with van der Waals surface area (Å²) >= 11 is 0. The third kappa shape index (κ3) is 5.08. The molecule has 0 saturated carbocycles. The van der Waals surface area contributed by atoms with Crippen LogP contribution in [0.5, 0.6) is 5.75 Å². The second kappa shape index (κ2) is 9.40. The SMILES string of the molecule is CCC(C(=O)NCC#CCOc1ccc2cccnc2c1)c1ccccc1. The molecule has 2 aromatic carbocycles. The zero-order valence-electron chi connectivity index (χ0n) is 15.3. The normalized spacial score (nSPS) is 11.3. The number of carbonyl (C=O) groups excluding carboxylic acids is 1. The van der Waals surface area contributed by atoms with Crippen molar-refractivity contribution < 1.29 is 9.53 Å². The summed E-state index contributed by atoms with van der Waals surface area (Å²) in [4.78, 5) is 16.6. The Labute approximate surface area is 159 Å². The van der Waals surface area contributed by atoms with Crippen LogP contribution in [0.25, 0.3) is 10.9 Å². The lowest BCUT2D eigenvalue weighted by Gasteiger charge is -2.14. The van der Waals surface area contributed by atoms with Gasteiger partial charge in [-0.05, 0) is 30.2 Å². The first-order valence-corrected chi connectivity index (χ1v) is 9.04. The molecule has 1 unspecified atom stereocenters. The highest BCUT2D eigenvalue weighted by molar-refractivity contribution is 5.83. The lowest BCUT2D eigenvalue weighted by molar-refractivity contribution is -0.122. The number of carbonyl (C=O) groups is 1. The highest BCUT2D eigenvalue weighted by Gasteiger charge is 2.17. The van der Waals surface area contributed by atoms with E-state index >= 15 is 0 Å². The van der Waals surface area contributed by atoms with E-state index in [1.165, 1.54) is 0 Å². The van der Waals surface area contributed by atoms with Gasteiger partial charge in [0.15, 0.2) is 0 Å². The van der Waals surface area contributed by atoms with Crippen molar-refractivity contribution in [2.45, 2.75) is 19.3 Å². The monoisotopic (exact) mass is 358 g/mol. The number of hydrogen-bond acceptors (Lipinski definition) is 3. The fraction of sp³-hybridized carbons (Fsp3) is 0.217. The molecule has 4 heteroatoms. The van der Waals surface area contributed by atoms with Crippen molar-refractivity contribution in [3.05, 3.63) is 72.4 Å². The number of benzene rings is 2. The predicted molar refractivity (Wildman–Crippen MR) is 107 cm³/mol. The van der Waals surface area contributed by atoms with E-state index in [1.807, 2.05) is 67.6 Å². The predicted octanol–water partition coefficient (Wildman–Crippen LogP) is 3.93. The van der Waals surface area contributed by atoms with E-state index in [2.05, 4.69) is 22.1 Å². The van der Waals surface area contributed by atoms with Crippen LogP contribution in [0, 0.1) is 11.8 Å². The average Bonchev–Trinajstić information content (AvgIpc) is 2.72. The third-order valence-electron chi connectivity index (χ3n) is 4.29. The number of hydrogen-bond donors (Lipinski definition) is 1. The van der Waals surface area contributed by atoms with Crippen LogP contribution >= 0.6 is 0 Å². The molecule has 1 aromatic heterocycles. The van der Waals surface area contributed by atoms with Gasteiger partial charge in [-0.3, -0.25) is 9.78 Å². The molecule has 0 spiro atoms. The fourth-order valence-electron chi connectivity index (χ4n) is 2.88. The molecule has 1 heterocycles. The van der Waals surface area contributed by atoms with Crippen LogP contribution in [-0.4, -0.2) is 24.0 Å². The lowest BCUT2D eigenvalue weighted by atomic mass is 9.96. The minimum atomic E-state index is -0.144. The molecule has 0 aliphatic heterocycles. The molecular formula is C23H22N2O2. The zero-order chi connectivity index (χ0) is 18.9. The largest absolute Gasteiger partial charge is 0.481 e. The van der Waals surface area contributed by atoms with Crippen LogP contribution in [0.4, 0.5) is 0 Å². The van der Waals surface area contributed by atoms with E-state index in [4.69, 9.17) is 4.74 Å². The molecule has 0 bridgehead atoms. The van der Waals surface area contributed by atoms with Crippen LogP contribution in [0.1, 0.15) is 24.8 Å². The molecule has 0 radical (unpaired) electrons. The van der Waals surface area contributed by atoms with Gasteiger partial charge in [0.25, 0.3) is 0 Å². The average molecular weight is 358 g/mol. The first-order chi connectivity index (χ1) is 13.3. The Kier molecular flexibility index (Phi) is 6.43. The molecule has 0 aliphatic rings. The summed E-state index contributed by atoms with van der Waals surface area (Å²) in [6, 6.07) is 19.5. The number of fused-ring (bicyclic) bond motifs is 1. The van der Waals surface area contributed by atoms with Gasteiger partial charge in [-0.2, -0.15) is 0 Å². The van der Waals surface area contributed by atoms with E-state index in [-0.39, 0.29) is 18.4 Å². The van der Waals surface area contributed by atoms with E-state index in [0.717, 1.165) is 28.6 Å². The zero-order valence-corrected chi connectivity index (χ0v) is 15.3. The number of nitrogens with one attached hydrogen (secondary N) is 1. The maximum Gasteiger partial charge on any atom is 0.228 e. The number of aromatic nitrogens is 1. The summed E-state index contributed by atoms with van der Waals surface area (Å²) in [7, 11) is 0. The minimum Gasteiger partial charge on any atom is -0.481 e. The van der Waals surface area contributed by atoms with Gasteiger partial charge in [0, 0.05) is 17.6 Å². The summed E-state index contributed by atoms with van der Waals surface area (Å²) in [5.41, 5.74) is 1.92. The van der Waals surface area contributed by atoms with Gasteiger partial charge in [0.2, 0.25) is 5.91 Å². The second-order valence-corrected chi connectivity index (χ2v) is 6.09. The van der Waals surface area contributed by atoms with E-state index < -0.39 is 0 Å². The van der Waals surface area contributed by atoms with Crippen molar-refractivity contribution in [3.8, 4) is 17.6 Å². The summed E-state index contributed by atoms with van der Waals surface area (Å²) in [6.07, 6.45) is 2.51. The van der Waals surface area contributed by atoms with Gasteiger partial charge in [-0.25, -0.2) is 0 Å². The molecule has 0 fully saturated rings. The Morgan fingerprint density at radius 3 is 2.78 bits per heavy atom. The Morgan fingerprint density at radius 2 is 1.96 bits per heavy atom. The van der Waals surface area contributed by atoms with E-state index in [1.54, 1.807) is 6.20 Å². The highest BCUT2D eigenvalue weighted by Crippen LogP contribution is 2.19. The van der Waals surface area contributed by atoms with E-state index in [9.17, 15) is 4.79 Å². The summed E-state index contributed by atoms with van der Waals surface area (Å²) in [5, 5.41) is 3.95. The summed E-state index contributed by atoms with van der Waals surface area (Å²) in [5.74, 6) is 6.44. The Bertz CT molecular complexity index is 958. The van der Waals surface area contributed by atoms with Crippen molar-refractivity contribution >= 4 is 16.8 Å². The number of amides is 1. The molecule has 1 N–H and O–H groups in total. The van der Waals surface area contributed by atoms with Gasteiger partial charge in [-0.15, -0.1) is 0 Å². The fourth-order valence-corrected chi connectivity index (χ4v) is 2.88. The highest BCUT2D eigenvalue weighted by atomic mass is 16.5. The summed E-state index contributed by atoms with van der Waals surface area (Å²) in [6.45, 7) is 2.59. The number of rotatable bonds is 6. The maximum atomic E-state index is 12.3. The molecule has 1 atom stereocenters. The Hall–Kier alpha value is -3.32. The first-order valence-electron chi connectivity index (χ1n) is 9.04. The van der Waals surface area contributed by atoms with Crippen molar-refractivity contribution in [3.63, 3.8) is 0 Å². The number of nitrogens with zero attached hydrogens (tertiary/aromatic N) is 1. The van der Waals surface area contributed by atoms with Crippen molar-refractivity contribution in [1.29, 1.82) is 0 Å². The second-order valence-electron chi connectivity index (χ2n) is 6.09. The van der Waals surface area contributed by atoms with Crippen LogP contribution in [-0.2, 0) is 4.79 Å². The van der Waals surface area contributed by atoms with Gasteiger partial charge in [0.1, 0.15) is 12.4 Å². The first kappa shape index (κ1) is 18.5.